The number of aromatic nitrogens is 2. The Labute approximate surface area is 88.1 Å². The van der Waals surface area contributed by atoms with E-state index in [1.807, 2.05) is 6.92 Å². The zero-order valence-corrected chi connectivity index (χ0v) is 8.97. The first kappa shape index (κ1) is 9.71. The molecule has 1 heterocycles. The largest absolute Gasteiger partial charge is 0.274 e. The van der Waals surface area contributed by atoms with Gasteiger partial charge in [0.05, 0.1) is 5.69 Å². The zero-order chi connectivity index (χ0) is 10.1. The molecule has 76 valence electrons. The Balaban J connectivity index is 2.53. The Morgan fingerprint density at radius 3 is 2.86 bits per heavy atom. The van der Waals surface area contributed by atoms with Crippen LogP contribution in [0.5, 0.6) is 0 Å². The summed E-state index contributed by atoms with van der Waals surface area (Å²) in [6.07, 6.45) is 4.24. The standard InChI is InChI=1S/C10H13ClN2O/c1-2-13-9(10(11)14)7-5-3-4-6-8(7)12-13/h2-6H2,1H3. The van der Waals surface area contributed by atoms with Crippen LogP contribution in [0.1, 0.15) is 41.5 Å². The fourth-order valence-electron chi connectivity index (χ4n) is 2.06. The highest BCUT2D eigenvalue weighted by Gasteiger charge is 2.23. The highest BCUT2D eigenvalue weighted by molar-refractivity contribution is 6.67. The molecule has 14 heavy (non-hydrogen) atoms. The van der Waals surface area contributed by atoms with Crippen LogP contribution in [-0.4, -0.2) is 15.0 Å². The van der Waals surface area contributed by atoms with Crippen LogP contribution in [0.3, 0.4) is 0 Å². The van der Waals surface area contributed by atoms with Crippen LogP contribution in [0.2, 0.25) is 0 Å². The molecule has 0 N–H and O–H groups in total. The van der Waals surface area contributed by atoms with E-state index in [0.29, 0.717) is 12.2 Å². The molecular formula is C10H13ClN2O. The van der Waals surface area contributed by atoms with E-state index in [9.17, 15) is 4.79 Å². The normalized spacial score (nSPS) is 15.3. The van der Waals surface area contributed by atoms with Gasteiger partial charge in [-0.15, -0.1) is 0 Å². The van der Waals surface area contributed by atoms with Gasteiger partial charge < -0.3 is 0 Å². The van der Waals surface area contributed by atoms with Gasteiger partial charge in [0.15, 0.2) is 0 Å². The smallest absolute Gasteiger partial charge is 0.270 e. The van der Waals surface area contributed by atoms with Gasteiger partial charge in [-0.05, 0) is 44.2 Å². The number of aryl methyl sites for hydroxylation is 2. The molecule has 0 fully saturated rings. The molecule has 1 aliphatic rings. The summed E-state index contributed by atoms with van der Waals surface area (Å²) in [5.41, 5.74) is 2.77. The minimum Gasteiger partial charge on any atom is -0.274 e. The number of hydrogen-bond donors (Lipinski definition) is 0. The van der Waals surface area contributed by atoms with Crippen LogP contribution >= 0.6 is 11.6 Å². The lowest BCUT2D eigenvalue weighted by molar-refractivity contribution is 0.107. The van der Waals surface area contributed by atoms with E-state index in [1.54, 1.807) is 4.68 Å². The first-order chi connectivity index (χ1) is 6.74. The van der Waals surface area contributed by atoms with Gasteiger partial charge in [0, 0.05) is 12.1 Å². The second kappa shape index (κ2) is 3.73. The predicted octanol–water partition coefficient (Wildman–Crippen LogP) is 2.16. The molecule has 0 saturated heterocycles. The average Bonchev–Trinajstić information content (AvgIpc) is 2.55. The van der Waals surface area contributed by atoms with Gasteiger partial charge >= 0.3 is 0 Å². The average molecular weight is 213 g/mol. The van der Waals surface area contributed by atoms with Crippen molar-refractivity contribution in [3.8, 4) is 0 Å². The molecule has 1 aromatic rings. The predicted molar refractivity (Wildman–Crippen MR) is 54.7 cm³/mol. The molecule has 1 aliphatic carbocycles. The summed E-state index contributed by atoms with van der Waals surface area (Å²) in [7, 11) is 0. The van der Waals surface area contributed by atoms with Gasteiger partial charge in [-0.25, -0.2) is 0 Å². The third-order valence-corrected chi connectivity index (χ3v) is 2.89. The van der Waals surface area contributed by atoms with Crippen molar-refractivity contribution < 1.29 is 4.79 Å². The van der Waals surface area contributed by atoms with Crippen molar-refractivity contribution in [2.75, 3.05) is 0 Å². The lowest BCUT2D eigenvalue weighted by Crippen LogP contribution is -2.07. The Hall–Kier alpha value is -0.830. The molecule has 0 amide bonds. The summed E-state index contributed by atoms with van der Waals surface area (Å²) in [6, 6.07) is 0. The second-order valence-electron chi connectivity index (χ2n) is 3.57. The van der Waals surface area contributed by atoms with Gasteiger partial charge in [-0.1, -0.05) is 0 Å². The fourth-order valence-corrected chi connectivity index (χ4v) is 2.27. The fraction of sp³-hybridized carbons (Fsp3) is 0.600. The molecule has 0 aliphatic heterocycles. The van der Waals surface area contributed by atoms with Crippen LogP contribution in [0.25, 0.3) is 0 Å². The maximum absolute atomic E-state index is 11.3. The molecule has 0 atom stereocenters. The Bertz CT molecular complexity index is 370. The number of carbonyl (C=O) groups excluding carboxylic acids is 1. The third kappa shape index (κ3) is 1.46. The van der Waals surface area contributed by atoms with Crippen molar-refractivity contribution in [2.24, 2.45) is 0 Å². The van der Waals surface area contributed by atoms with E-state index in [1.165, 1.54) is 6.42 Å². The van der Waals surface area contributed by atoms with Gasteiger partial charge in [0.1, 0.15) is 5.69 Å². The number of rotatable bonds is 2. The Kier molecular flexibility index (Phi) is 2.59. The quantitative estimate of drug-likeness (QED) is 0.705. The summed E-state index contributed by atoms with van der Waals surface area (Å²) < 4.78 is 1.73. The van der Waals surface area contributed by atoms with Crippen LogP contribution in [0, 0.1) is 0 Å². The molecule has 0 aromatic carbocycles. The maximum atomic E-state index is 11.3. The van der Waals surface area contributed by atoms with Crippen molar-refractivity contribution in [1.29, 1.82) is 0 Å². The first-order valence-corrected chi connectivity index (χ1v) is 5.40. The zero-order valence-electron chi connectivity index (χ0n) is 8.22. The molecule has 2 rings (SSSR count). The summed E-state index contributed by atoms with van der Waals surface area (Å²) >= 11 is 5.57. The molecule has 1 aromatic heterocycles. The van der Waals surface area contributed by atoms with Crippen molar-refractivity contribution >= 4 is 16.8 Å². The van der Waals surface area contributed by atoms with E-state index in [-0.39, 0.29) is 5.24 Å². The van der Waals surface area contributed by atoms with E-state index in [4.69, 9.17) is 11.6 Å². The highest BCUT2D eigenvalue weighted by atomic mass is 35.5. The number of halogens is 1. The SMILES string of the molecule is CCn1nc2c(c1C(=O)Cl)CCCC2. The molecule has 3 nitrogen and oxygen atoms in total. The summed E-state index contributed by atoms with van der Waals surface area (Å²) in [6.45, 7) is 2.68. The molecule has 0 bridgehead atoms. The summed E-state index contributed by atoms with van der Waals surface area (Å²) in [4.78, 5) is 11.3. The van der Waals surface area contributed by atoms with Crippen molar-refractivity contribution in [2.45, 2.75) is 39.2 Å². The summed E-state index contributed by atoms with van der Waals surface area (Å²) in [5, 5.41) is 4.03. The number of fused-ring (bicyclic) bond motifs is 1. The molecule has 0 saturated carbocycles. The van der Waals surface area contributed by atoms with Crippen LogP contribution in [-0.2, 0) is 19.4 Å². The lowest BCUT2D eigenvalue weighted by atomic mass is 9.96. The topological polar surface area (TPSA) is 34.9 Å². The monoisotopic (exact) mass is 212 g/mol. The Morgan fingerprint density at radius 2 is 2.21 bits per heavy atom. The van der Waals surface area contributed by atoms with Gasteiger partial charge in [0.25, 0.3) is 5.24 Å². The number of nitrogens with zero attached hydrogens (tertiary/aromatic N) is 2. The molecular weight excluding hydrogens is 200 g/mol. The maximum Gasteiger partial charge on any atom is 0.270 e. The second-order valence-corrected chi connectivity index (χ2v) is 3.91. The molecule has 0 unspecified atom stereocenters. The number of carbonyl (C=O) groups is 1. The van der Waals surface area contributed by atoms with Gasteiger partial charge in [-0.3, -0.25) is 9.48 Å². The van der Waals surface area contributed by atoms with Gasteiger partial charge in [0.2, 0.25) is 0 Å². The van der Waals surface area contributed by atoms with E-state index >= 15 is 0 Å². The molecule has 4 heteroatoms. The van der Waals surface area contributed by atoms with Crippen LogP contribution in [0.15, 0.2) is 0 Å². The van der Waals surface area contributed by atoms with E-state index in [0.717, 1.165) is 30.5 Å². The van der Waals surface area contributed by atoms with Crippen molar-refractivity contribution in [1.82, 2.24) is 9.78 Å². The summed E-state index contributed by atoms with van der Waals surface area (Å²) in [5.74, 6) is 0. The first-order valence-electron chi connectivity index (χ1n) is 5.02. The Morgan fingerprint density at radius 1 is 1.50 bits per heavy atom. The molecule has 0 radical (unpaired) electrons. The van der Waals surface area contributed by atoms with E-state index < -0.39 is 0 Å². The highest BCUT2D eigenvalue weighted by Crippen LogP contribution is 2.25. The molecule has 0 spiro atoms. The van der Waals surface area contributed by atoms with Crippen molar-refractivity contribution in [3.05, 3.63) is 17.0 Å². The number of hydrogen-bond acceptors (Lipinski definition) is 2. The lowest BCUT2D eigenvalue weighted by Gasteiger charge is -2.09. The van der Waals surface area contributed by atoms with Crippen molar-refractivity contribution in [3.63, 3.8) is 0 Å². The third-order valence-electron chi connectivity index (χ3n) is 2.71. The van der Waals surface area contributed by atoms with E-state index in [2.05, 4.69) is 5.10 Å². The minimum absolute atomic E-state index is 0.373. The van der Waals surface area contributed by atoms with Crippen LogP contribution in [0.4, 0.5) is 0 Å². The van der Waals surface area contributed by atoms with Crippen LogP contribution < -0.4 is 0 Å². The minimum atomic E-state index is -0.373. The van der Waals surface area contributed by atoms with Gasteiger partial charge in [-0.2, -0.15) is 5.10 Å².